The Morgan fingerprint density at radius 3 is 1.00 bits per heavy atom. The Kier molecular flexibility index (Phi) is 21.5. The molecule has 0 heterocycles. The molecule has 0 aliphatic rings. The van der Waals surface area contributed by atoms with Gasteiger partial charge in [0, 0.05) is 0 Å². The molecule has 90 valence electrons. The van der Waals surface area contributed by atoms with Gasteiger partial charge in [-0.05, 0) is 26.0 Å². The van der Waals surface area contributed by atoms with Gasteiger partial charge in [0.1, 0.15) is 0 Å². The van der Waals surface area contributed by atoms with Crippen LogP contribution in [0.2, 0.25) is 0 Å². The van der Waals surface area contributed by atoms with Crippen LogP contribution in [0.1, 0.15) is 27.7 Å². The third kappa shape index (κ3) is 38.1. The molecule has 0 bridgehead atoms. The van der Waals surface area contributed by atoms with Crippen LogP contribution in [0.25, 0.3) is 0 Å². The SMILES string of the molecule is CC(=O)/C=C(/C)[O-].CC(=O)/C=C(\C)[O-].O.[Ti+2]. The van der Waals surface area contributed by atoms with Crippen molar-refractivity contribution in [3.8, 4) is 0 Å². The van der Waals surface area contributed by atoms with Crippen LogP contribution in [-0.2, 0) is 31.3 Å². The summed E-state index contributed by atoms with van der Waals surface area (Å²) < 4.78 is 0. The maximum absolute atomic E-state index is 9.98. The molecule has 0 atom stereocenters. The Balaban J connectivity index is -0.0000000800. The summed E-state index contributed by atoms with van der Waals surface area (Å²) in [5.74, 6) is -0.750. The molecule has 0 saturated heterocycles. The molecule has 0 saturated carbocycles. The Morgan fingerprint density at radius 2 is 1.00 bits per heavy atom. The normalized spacial score (nSPS) is 10.0. The summed E-state index contributed by atoms with van der Waals surface area (Å²) in [7, 11) is 0. The average molecular weight is 264 g/mol. The Bertz CT molecular complexity index is 232. The van der Waals surface area contributed by atoms with E-state index in [0.29, 0.717) is 0 Å². The van der Waals surface area contributed by atoms with Gasteiger partial charge in [0.15, 0.2) is 11.6 Å². The summed E-state index contributed by atoms with van der Waals surface area (Å²) in [4.78, 5) is 20.0. The zero-order chi connectivity index (χ0) is 11.7. The fourth-order valence-corrected chi connectivity index (χ4v) is 0.572. The van der Waals surface area contributed by atoms with Crippen molar-refractivity contribution in [1.29, 1.82) is 0 Å². The molecule has 0 amide bonds. The molecule has 0 aliphatic carbocycles. The Labute approximate surface area is 110 Å². The van der Waals surface area contributed by atoms with Crippen LogP contribution in [-0.4, -0.2) is 17.0 Å². The molecule has 2 N–H and O–H groups in total. The smallest absolute Gasteiger partial charge is 0.876 e. The Hall–Kier alpha value is -0.906. The topological polar surface area (TPSA) is 112 Å². The molecule has 0 radical (unpaired) electrons. The first-order valence-corrected chi connectivity index (χ1v) is 3.97. The molecular weight excluding hydrogens is 248 g/mol. The maximum atomic E-state index is 9.98. The average Bonchev–Trinajstić information content (AvgIpc) is 1.79. The molecule has 0 aromatic carbocycles. The first kappa shape index (κ1) is 24.4. The van der Waals surface area contributed by atoms with Gasteiger partial charge < -0.3 is 15.7 Å². The predicted molar refractivity (Wildman–Crippen MR) is 52.5 cm³/mol. The van der Waals surface area contributed by atoms with Crippen molar-refractivity contribution in [2.45, 2.75) is 27.7 Å². The van der Waals surface area contributed by atoms with E-state index in [0.717, 1.165) is 12.2 Å². The largest absolute Gasteiger partial charge is 2.00 e. The first-order valence-electron chi connectivity index (χ1n) is 3.97. The zero-order valence-corrected chi connectivity index (χ0v) is 11.3. The van der Waals surface area contributed by atoms with Gasteiger partial charge in [0.2, 0.25) is 0 Å². The minimum absolute atomic E-state index is 0. The minimum Gasteiger partial charge on any atom is -0.876 e. The molecular formula is C10H16O5Ti. The molecule has 6 heteroatoms. The van der Waals surface area contributed by atoms with E-state index in [-0.39, 0.29) is 50.3 Å². The quantitative estimate of drug-likeness (QED) is 0.356. The van der Waals surface area contributed by atoms with Crippen molar-refractivity contribution in [2.75, 3.05) is 0 Å². The van der Waals surface area contributed by atoms with Crippen molar-refractivity contribution < 1.29 is 47.0 Å². The summed E-state index contributed by atoms with van der Waals surface area (Å²) in [5.41, 5.74) is 0. The van der Waals surface area contributed by atoms with Crippen LogP contribution in [0.3, 0.4) is 0 Å². The van der Waals surface area contributed by atoms with E-state index in [9.17, 15) is 19.8 Å². The maximum Gasteiger partial charge on any atom is 2.00 e. The molecule has 5 nitrogen and oxygen atoms in total. The van der Waals surface area contributed by atoms with Crippen molar-refractivity contribution in [3.05, 3.63) is 23.7 Å². The van der Waals surface area contributed by atoms with Crippen LogP contribution in [0.4, 0.5) is 0 Å². The van der Waals surface area contributed by atoms with E-state index in [1.165, 1.54) is 27.7 Å². The number of carbonyl (C=O) groups is 2. The van der Waals surface area contributed by atoms with Crippen LogP contribution < -0.4 is 10.2 Å². The van der Waals surface area contributed by atoms with Crippen molar-refractivity contribution in [2.24, 2.45) is 0 Å². The summed E-state index contributed by atoms with van der Waals surface area (Å²) >= 11 is 0. The first-order chi connectivity index (χ1) is 6.25. The second-order valence-electron chi connectivity index (χ2n) is 2.73. The van der Waals surface area contributed by atoms with Gasteiger partial charge in [-0.25, -0.2) is 0 Å². The monoisotopic (exact) mass is 264 g/mol. The van der Waals surface area contributed by atoms with Gasteiger partial charge in [0.05, 0.1) is 0 Å². The fraction of sp³-hybridized carbons (Fsp3) is 0.400. The van der Waals surface area contributed by atoms with Crippen LogP contribution in [0, 0.1) is 0 Å². The second kappa shape index (κ2) is 14.1. The molecule has 16 heavy (non-hydrogen) atoms. The summed E-state index contributed by atoms with van der Waals surface area (Å²) in [6.45, 7) is 5.39. The van der Waals surface area contributed by atoms with Crippen molar-refractivity contribution in [1.82, 2.24) is 0 Å². The summed E-state index contributed by atoms with van der Waals surface area (Å²) in [6.07, 6.45) is 2.11. The fourth-order valence-electron chi connectivity index (χ4n) is 0.572. The molecule has 0 aromatic heterocycles. The van der Waals surface area contributed by atoms with E-state index in [4.69, 9.17) is 0 Å². The molecule has 0 rings (SSSR count). The van der Waals surface area contributed by atoms with Crippen LogP contribution in [0.5, 0.6) is 0 Å². The number of carbonyl (C=O) groups excluding carboxylic acids is 2. The molecule has 0 aliphatic heterocycles. The van der Waals surface area contributed by atoms with E-state index in [1.54, 1.807) is 0 Å². The van der Waals surface area contributed by atoms with Gasteiger partial charge in [0.25, 0.3) is 0 Å². The van der Waals surface area contributed by atoms with Gasteiger partial charge in [-0.1, -0.05) is 13.8 Å². The number of ketones is 2. The van der Waals surface area contributed by atoms with E-state index in [1.807, 2.05) is 0 Å². The summed E-state index contributed by atoms with van der Waals surface area (Å²) in [6, 6.07) is 0. The van der Waals surface area contributed by atoms with Crippen LogP contribution >= 0.6 is 0 Å². The third-order valence-electron chi connectivity index (χ3n) is 0.813. The van der Waals surface area contributed by atoms with Gasteiger partial charge >= 0.3 is 21.7 Å². The van der Waals surface area contributed by atoms with E-state index in [2.05, 4.69) is 0 Å². The van der Waals surface area contributed by atoms with Gasteiger partial charge in [-0.3, -0.25) is 9.59 Å². The van der Waals surface area contributed by atoms with E-state index >= 15 is 0 Å². The number of hydrogen-bond acceptors (Lipinski definition) is 4. The predicted octanol–water partition coefficient (Wildman–Crippen LogP) is -1.15. The molecule has 0 unspecified atom stereocenters. The molecule has 0 spiro atoms. The Morgan fingerprint density at radius 1 is 0.812 bits per heavy atom. The van der Waals surface area contributed by atoms with Gasteiger partial charge in [-0.2, -0.15) is 0 Å². The number of hydrogen-bond donors (Lipinski definition) is 0. The summed E-state index contributed by atoms with van der Waals surface area (Å²) in [5, 5.41) is 20.0. The van der Waals surface area contributed by atoms with E-state index < -0.39 is 0 Å². The van der Waals surface area contributed by atoms with Crippen LogP contribution in [0.15, 0.2) is 23.7 Å². The molecule has 0 aromatic rings. The standard InChI is InChI=1S/2C5H8O2.H2O.Ti/c2*1-4(6)3-5(2)7;;/h2*3,6H,1-2H3;1H2;/q;;;+2/p-2/b4-3+;4-3-;;. The minimum atomic E-state index is -0.187. The van der Waals surface area contributed by atoms with Crippen molar-refractivity contribution >= 4 is 11.6 Å². The van der Waals surface area contributed by atoms with Gasteiger partial charge in [-0.15, -0.1) is 11.5 Å². The third-order valence-corrected chi connectivity index (χ3v) is 0.813. The number of rotatable bonds is 2. The number of allylic oxidation sites excluding steroid dienone is 4. The molecule has 0 fully saturated rings. The zero-order valence-electron chi connectivity index (χ0n) is 9.79. The van der Waals surface area contributed by atoms with Crippen molar-refractivity contribution in [3.63, 3.8) is 0 Å². The second-order valence-corrected chi connectivity index (χ2v) is 2.73.